The maximum atomic E-state index is 15.0. The lowest BCUT2D eigenvalue weighted by Gasteiger charge is -2.30. The van der Waals surface area contributed by atoms with E-state index in [0.29, 0.717) is 26.6 Å². The van der Waals surface area contributed by atoms with Gasteiger partial charge in [0.2, 0.25) is 5.95 Å². The molecule has 1 aliphatic rings. The van der Waals surface area contributed by atoms with Crippen LogP contribution in [0.3, 0.4) is 0 Å². The number of nitrogens with zero attached hydrogens (tertiary/aromatic N) is 8. The number of pyridine rings is 1. The number of rotatable bonds is 7. The van der Waals surface area contributed by atoms with Crippen LogP contribution in [-0.4, -0.2) is 72.0 Å². The Labute approximate surface area is 244 Å². The molecule has 0 bridgehead atoms. The first-order valence-corrected chi connectivity index (χ1v) is 14.0. The van der Waals surface area contributed by atoms with E-state index in [1.807, 2.05) is 42.5 Å². The Kier molecular flexibility index (Phi) is 8.12. The number of aromatic nitrogens is 5. The Morgan fingerprint density at radius 3 is 2.75 bits per heavy atom. The summed E-state index contributed by atoms with van der Waals surface area (Å²) in [4.78, 5) is 21.8. The molecule has 10 nitrogen and oxygen atoms in total. The number of fused-ring (bicyclic) bond motifs is 2. The van der Waals surface area contributed by atoms with Crippen LogP contribution in [0.25, 0.3) is 22.3 Å². The molecule has 1 aromatic carbocycles. The van der Waals surface area contributed by atoms with Crippen LogP contribution in [0.1, 0.15) is 38.1 Å². The minimum Gasteiger partial charge on any atom is -0.409 e. The number of benzene rings is 1. The van der Waals surface area contributed by atoms with Gasteiger partial charge in [-0.3, -0.25) is 4.90 Å². The second-order valence-corrected chi connectivity index (χ2v) is 11.0. The smallest absolute Gasteiger partial charge is 0.229 e. The standard InChI is InChI=1S/C27H30F2IN9O/c1-15(2)39-22-12-18(11-19(28)25(22)34-26(39)30)24-20(29)13-31-27(35-24)33-23-6-5-17-14-38(8-7-21(17)32-23)10-9-37(4)16(3)36-40/h5-6,11-13,15,40H,7-10,14H2,1-4H3,(H,31,32,33,35)/b36-16-. The number of imidazole rings is 1. The topological polar surface area (TPSA) is 108 Å². The minimum absolute atomic E-state index is 0.00939. The highest BCUT2D eigenvalue weighted by Crippen LogP contribution is 2.31. The highest BCUT2D eigenvalue weighted by molar-refractivity contribution is 14.1. The molecule has 0 saturated carbocycles. The number of hydrogen-bond donors (Lipinski definition) is 2. The summed E-state index contributed by atoms with van der Waals surface area (Å²) < 4.78 is 32.5. The highest BCUT2D eigenvalue weighted by Gasteiger charge is 2.21. The van der Waals surface area contributed by atoms with Gasteiger partial charge in [0, 0.05) is 56.9 Å². The number of halogens is 3. The van der Waals surface area contributed by atoms with Crippen molar-refractivity contribution in [1.29, 1.82) is 0 Å². The summed E-state index contributed by atoms with van der Waals surface area (Å²) in [5.41, 5.74) is 3.23. The monoisotopic (exact) mass is 661 g/mol. The zero-order valence-electron chi connectivity index (χ0n) is 22.7. The second-order valence-electron chi connectivity index (χ2n) is 10.1. The van der Waals surface area contributed by atoms with Crippen LogP contribution in [0, 0.1) is 15.5 Å². The van der Waals surface area contributed by atoms with Gasteiger partial charge < -0.3 is 20.0 Å². The predicted octanol–water partition coefficient (Wildman–Crippen LogP) is 5.19. The molecule has 0 unspecified atom stereocenters. The maximum Gasteiger partial charge on any atom is 0.229 e. The summed E-state index contributed by atoms with van der Waals surface area (Å²) >= 11 is 2.07. The zero-order chi connectivity index (χ0) is 28.6. The van der Waals surface area contributed by atoms with E-state index in [-0.39, 0.29) is 23.2 Å². The number of amidine groups is 1. The quantitative estimate of drug-likeness (QED) is 0.0917. The van der Waals surface area contributed by atoms with Crippen molar-refractivity contribution < 1.29 is 14.0 Å². The number of nitrogens with one attached hydrogen (secondary N) is 1. The summed E-state index contributed by atoms with van der Waals surface area (Å²) in [6, 6.07) is 6.87. The van der Waals surface area contributed by atoms with Crippen LogP contribution in [0.15, 0.2) is 35.6 Å². The van der Waals surface area contributed by atoms with E-state index < -0.39 is 11.6 Å². The van der Waals surface area contributed by atoms with Gasteiger partial charge in [-0.15, -0.1) is 0 Å². The van der Waals surface area contributed by atoms with Gasteiger partial charge in [-0.25, -0.2) is 28.7 Å². The molecular weight excluding hydrogens is 631 g/mol. The number of hydrogen-bond acceptors (Lipinski definition) is 8. The summed E-state index contributed by atoms with van der Waals surface area (Å²) in [7, 11) is 1.89. The van der Waals surface area contributed by atoms with Gasteiger partial charge in [-0.1, -0.05) is 11.2 Å². The van der Waals surface area contributed by atoms with Crippen molar-refractivity contribution in [3.8, 4) is 11.3 Å². The first-order chi connectivity index (χ1) is 19.1. The van der Waals surface area contributed by atoms with Gasteiger partial charge >= 0.3 is 0 Å². The summed E-state index contributed by atoms with van der Waals surface area (Å²) in [6.07, 6.45) is 1.85. The molecule has 0 fully saturated rings. The van der Waals surface area contributed by atoms with E-state index >= 15 is 4.39 Å². The van der Waals surface area contributed by atoms with Crippen LogP contribution in [-0.2, 0) is 13.0 Å². The van der Waals surface area contributed by atoms with Crippen LogP contribution in [0.5, 0.6) is 0 Å². The summed E-state index contributed by atoms with van der Waals surface area (Å²) in [5.74, 6) is 0.0971. The van der Waals surface area contributed by atoms with Gasteiger partial charge in [-0.05, 0) is 67.1 Å². The molecule has 4 heterocycles. The Morgan fingerprint density at radius 2 is 2.00 bits per heavy atom. The Bertz CT molecular complexity index is 1590. The van der Waals surface area contributed by atoms with E-state index in [1.165, 1.54) is 6.07 Å². The van der Waals surface area contributed by atoms with E-state index in [2.05, 4.69) is 52.9 Å². The molecule has 5 rings (SSSR count). The average molecular weight is 661 g/mol. The van der Waals surface area contributed by atoms with Gasteiger partial charge in [-0.2, -0.15) is 0 Å². The molecule has 13 heteroatoms. The predicted molar refractivity (Wildman–Crippen MR) is 158 cm³/mol. The molecule has 40 heavy (non-hydrogen) atoms. The number of likely N-dealkylation sites (N-methyl/N-ethyl adjacent to an activating group) is 1. The van der Waals surface area contributed by atoms with Gasteiger partial charge in [0.05, 0.1) is 11.7 Å². The Hall–Kier alpha value is -3.46. The lowest BCUT2D eigenvalue weighted by atomic mass is 10.1. The van der Waals surface area contributed by atoms with Gasteiger partial charge in [0.1, 0.15) is 22.9 Å². The largest absolute Gasteiger partial charge is 0.409 e. The lowest BCUT2D eigenvalue weighted by molar-refractivity contribution is 0.232. The Balaban J connectivity index is 1.35. The van der Waals surface area contributed by atoms with Crippen molar-refractivity contribution in [2.45, 2.75) is 39.8 Å². The van der Waals surface area contributed by atoms with E-state index in [0.717, 1.165) is 50.1 Å². The van der Waals surface area contributed by atoms with Crippen LogP contribution in [0.4, 0.5) is 20.5 Å². The van der Waals surface area contributed by atoms with Crippen LogP contribution in [0.2, 0.25) is 0 Å². The highest BCUT2D eigenvalue weighted by atomic mass is 127. The van der Waals surface area contributed by atoms with E-state index in [1.54, 1.807) is 13.0 Å². The van der Waals surface area contributed by atoms with Crippen LogP contribution < -0.4 is 5.32 Å². The average Bonchev–Trinajstić information content (AvgIpc) is 3.28. The third kappa shape index (κ3) is 5.70. The molecule has 0 atom stereocenters. The third-order valence-corrected chi connectivity index (χ3v) is 7.82. The van der Waals surface area contributed by atoms with Crippen molar-refractivity contribution in [3.63, 3.8) is 0 Å². The molecule has 210 valence electrons. The first kappa shape index (κ1) is 28.1. The second kappa shape index (κ2) is 11.6. The van der Waals surface area contributed by atoms with Gasteiger partial charge in [0.15, 0.2) is 15.5 Å². The minimum atomic E-state index is -0.654. The van der Waals surface area contributed by atoms with Gasteiger partial charge in [0.25, 0.3) is 0 Å². The number of anilines is 2. The fraction of sp³-hybridized carbons (Fsp3) is 0.370. The van der Waals surface area contributed by atoms with Crippen molar-refractivity contribution in [3.05, 3.63) is 57.2 Å². The molecule has 0 saturated heterocycles. The fourth-order valence-corrected chi connectivity index (χ4v) is 5.82. The molecule has 0 amide bonds. The first-order valence-electron chi connectivity index (χ1n) is 12.9. The molecule has 0 spiro atoms. The van der Waals surface area contributed by atoms with Crippen molar-refractivity contribution in [2.75, 3.05) is 32.0 Å². The molecule has 2 N–H and O–H groups in total. The van der Waals surface area contributed by atoms with Crippen molar-refractivity contribution in [2.24, 2.45) is 5.16 Å². The normalized spacial score (nSPS) is 14.2. The number of oxime groups is 1. The molecule has 0 radical (unpaired) electrons. The van der Waals surface area contributed by atoms with Crippen LogP contribution >= 0.6 is 22.6 Å². The van der Waals surface area contributed by atoms with E-state index in [9.17, 15) is 4.39 Å². The molecule has 4 aromatic rings. The summed E-state index contributed by atoms with van der Waals surface area (Å²) in [5, 5.41) is 15.3. The van der Waals surface area contributed by atoms with E-state index in [4.69, 9.17) is 10.2 Å². The SMILES string of the molecule is C/C(=N/O)N(C)CCN1CCc2nc(Nc3ncc(F)c(-c4cc(F)c5nc(I)n(C(C)C)c5c4)n3)ccc2C1. The molecule has 0 aliphatic carbocycles. The van der Waals surface area contributed by atoms with Crippen molar-refractivity contribution >= 4 is 51.2 Å². The lowest BCUT2D eigenvalue weighted by Crippen LogP contribution is -2.38. The molecule has 1 aliphatic heterocycles. The zero-order valence-corrected chi connectivity index (χ0v) is 24.8. The fourth-order valence-electron chi connectivity index (χ4n) is 4.76. The molecule has 3 aromatic heterocycles. The summed E-state index contributed by atoms with van der Waals surface area (Å²) in [6.45, 7) is 8.93. The Morgan fingerprint density at radius 1 is 1.20 bits per heavy atom. The maximum absolute atomic E-state index is 15.0. The third-order valence-electron chi connectivity index (χ3n) is 7.06. The molecular formula is C27H30F2IN9O. The van der Waals surface area contributed by atoms with Crippen molar-refractivity contribution in [1.82, 2.24) is 34.3 Å².